The molecule has 1 aromatic heterocycles. The van der Waals surface area contributed by atoms with E-state index in [0.717, 1.165) is 13.1 Å². The largest absolute Gasteiger partial charge is 0.383 e. The van der Waals surface area contributed by atoms with E-state index in [4.69, 9.17) is 0 Å². The Hall–Kier alpha value is -1.48. The number of benzene rings is 1. The van der Waals surface area contributed by atoms with Crippen LogP contribution >= 0.6 is 0 Å². The van der Waals surface area contributed by atoms with Crippen molar-refractivity contribution in [1.82, 2.24) is 9.88 Å². The molecule has 18 heavy (non-hydrogen) atoms. The van der Waals surface area contributed by atoms with Crippen LogP contribution in [0.25, 0.3) is 10.9 Å². The number of para-hydroxylation sites is 1. The molecule has 1 aliphatic rings. The number of hydrogen-bond donors (Lipinski definition) is 2. The van der Waals surface area contributed by atoms with Crippen LogP contribution in [0.2, 0.25) is 0 Å². The molecule has 1 aromatic carbocycles. The number of nitrogens with zero attached hydrogens (tertiary/aromatic N) is 1. The predicted octanol–water partition coefficient (Wildman–Crippen LogP) is 2.59. The van der Waals surface area contributed by atoms with Gasteiger partial charge in [-0.15, -0.1) is 0 Å². The quantitative estimate of drug-likeness (QED) is 0.845. The highest BCUT2D eigenvalue weighted by atomic mass is 15.0. The van der Waals surface area contributed by atoms with Gasteiger partial charge in [0.25, 0.3) is 0 Å². The van der Waals surface area contributed by atoms with E-state index in [9.17, 15) is 0 Å². The number of anilines is 1. The Kier molecular flexibility index (Phi) is 2.78. The monoisotopic (exact) mass is 243 g/mol. The summed E-state index contributed by atoms with van der Waals surface area (Å²) >= 11 is 0. The van der Waals surface area contributed by atoms with Gasteiger partial charge >= 0.3 is 0 Å². The zero-order valence-corrected chi connectivity index (χ0v) is 11.2. The van der Waals surface area contributed by atoms with Crippen LogP contribution in [0.15, 0.2) is 30.5 Å². The van der Waals surface area contributed by atoms with Crippen LogP contribution in [0.4, 0.5) is 5.69 Å². The van der Waals surface area contributed by atoms with E-state index in [2.05, 4.69) is 52.7 Å². The minimum atomic E-state index is 0.492. The maximum Gasteiger partial charge on any atom is 0.0600 e. The van der Waals surface area contributed by atoms with Crippen molar-refractivity contribution in [3.8, 4) is 0 Å². The van der Waals surface area contributed by atoms with Crippen molar-refractivity contribution < 1.29 is 0 Å². The lowest BCUT2D eigenvalue weighted by atomic mass is 10.1. The van der Waals surface area contributed by atoms with E-state index < -0.39 is 0 Å². The van der Waals surface area contributed by atoms with Crippen molar-refractivity contribution in [3.63, 3.8) is 0 Å². The zero-order chi connectivity index (χ0) is 12.6. The normalized spacial score (nSPS) is 17.0. The van der Waals surface area contributed by atoms with Crippen LogP contribution < -0.4 is 10.6 Å². The molecule has 2 aromatic rings. The Morgan fingerprint density at radius 1 is 1.22 bits per heavy atom. The average Bonchev–Trinajstić information content (AvgIpc) is 3.07. The van der Waals surface area contributed by atoms with Crippen molar-refractivity contribution in [2.24, 2.45) is 12.5 Å². The van der Waals surface area contributed by atoms with Gasteiger partial charge in [-0.05, 0) is 26.0 Å². The Morgan fingerprint density at radius 2 is 2.00 bits per heavy atom. The molecular formula is C15H21N3. The van der Waals surface area contributed by atoms with Crippen LogP contribution in [-0.4, -0.2) is 24.7 Å². The van der Waals surface area contributed by atoms with Crippen LogP contribution in [0, 0.1) is 5.41 Å². The number of rotatable bonds is 5. The summed E-state index contributed by atoms with van der Waals surface area (Å²) < 4.78 is 2.19. The molecular weight excluding hydrogens is 222 g/mol. The molecule has 0 aliphatic heterocycles. The molecule has 3 heteroatoms. The fraction of sp³-hybridized carbons (Fsp3) is 0.467. The van der Waals surface area contributed by atoms with Gasteiger partial charge in [0.05, 0.1) is 5.69 Å². The fourth-order valence-corrected chi connectivity index (χ4v) is 2.73. The highest BCUT2D eigenvalue weighted by Gasteiger charge is 2.41. The van der Waals surface area contributed by atoms with Gasteiger partial charge in [-0.1, -0.05) is 18.2 Å². The molecule has 0 atom stereocenters. The Bertz CT molecular complexity index is 552. The summed E-state index contributed by atoms with van der Waals surface area (Å²) in [4.78, 5) is 0. The molecule has 0 saturated heterocycles. The molecule has 1 heterocycles. The summed E-state index contributed by atoms with van der Waals surface area (Å²) in [6.45, 7) is 2.19. The molecule has 3 rings (SSSR count). The third kappa shape index (κ3) is 1.99. The zero-order valence-electron chi connectivity index (χ0n) is 11.2. The molecule has 3 nitrogen and oxygen atoms in total. The molecule has 0 spiro atoms. The number of hydrogen-bond acceptors (Lipinski definition) is 2. The van der Waals surface area contributed by atoms with Gasteiger partial charge < -0.3 is 15.2 Å². The molecule has 0 amide bonds. The first-order valence-corrected chi connectivity index (χ1v) is 6.67. The summed E-state index contributed by atoms with van der Waals surface area (Å²) in [6.07, 6.45) is 4.87. The first-order chi connectivity index (χ1) is 8.74. The summed E-state index contributed by atoms with van der Waals surface area (Å²) in [7, 11) is 4.14. The summed E-state index contributed by atoms with van der Waals surface area (Å²) in [5.74, 6) is 0. The lowest BCUT2D eigenvalue weighted by Gasteiger charge is -2.15. The van der Waals surface area contributed by atoms with Crippen LogP contribution in [0.5, 0.6) is 0 Å². The van der Waals surface area contributed by atoms with E-state index in [-0.39, 0.29) is 0 Å². The second-order valence-corrected chi connectivity index (χ2v) is 5.55. The van der Waals surface area contributed by atoms with E-state index in [0.29, 0.717) is 5.41 Å². The first-order valence-electron chi connectivity index (χ1n) is 6.67. The van der Waals surface area contributed by atoms with Crippen molar-refractivity contribution in [1.29, 1.82) is 0 Å². The molecule has 0 bridgehead atoms. The lowest BCUT2D eigenvalue weighted by Crippen LogP contribution is -2.26. The van der Waals surface area contributed by atoms with Gasteiger partial charge in [-0.25, -0.2) is 0 Å². The van der Waals surface area contributed by atoms with E-state index in [1.807, 2.05) is 7.05 Å². The van der Waals surface area contributed by atoms with Gasteiger partial charge in [-0.3, -0.25) is 0 Å². The standard InChI is InChI=1S/C15H21N3/c1-16-10-15(7-8-15)11-17-13-9-18(2)14-6-4-3-5-12(13)14/h3-6,9,16-17H,7-8,10-11H2,1-2H3. The average molecular weight is 243 g/mol. The maximum absolute atomic E-state index is 3.64. The van der Waals surface area contributed by atoms with Gasteiger partial charge in [0.1, 0.15) is 0 Å². The fourth-order valence-electron chi connectivity index (χ4n) is 2.73. The van der Waals surface area contributed by atoms with Crippen molar-refractivity contribution >= 4 is 16.6 Å². The van der Waals surface area contributed by atoms with Gasteiger partial charge in [0, 0.05) is 42.7 Å². The highest BCUT2D eigenvalue weighted by Crippen LogP contribution is 2.45. The van der Waals surface area contributed by atoms with Crippen LogP contribution in [0.1, 0.15) is 12.8 Å². The minimum absolute atomic E-state index is 0.492. The van der Waals surface area contributed by atoms with E-state index >= 15 is 0 Å². The Labute approximate surface area is 108 Å². The van der Waals surface area contributed by atoms with Crippen molar-refractivity contribution in [3.05, 3.63) is 30.5 Å². The third-order valence-corrected chi connectivity index (χ3v) is 4.06. The molecule has 1 aliphatic carbocycles. The van der Waals surface area contributed by atoms with Crippen LogP contribution in [0.3, 0.4) is 0 Å². The molecule has 0 unspecified atom stereocenters. The smallest absolute Gasteiger partial charge is 0.0600 e. The summed E-state index contributed by atoms with van der Waals surface area (Å²) in [5.41, 5.74) is 3.04. The van der Waals surface area contributed by atoms with Crippen molar-refractivity contribution in [2.75, 3.05) is 25.5 Å². The molecule has 1 saturated carbocycles. The summed E-state index contributed by atoms with van der Waals surface area (Å²) in [5, 5.41) is 8.26. The molecule has 2 N–H and O–H groups in total. The van der Waals surface area contributed by atoms with Gasteiger partial charge in [0.2, 0.25) is 0 Å². The first kappa shape index (κ1) is 11.6. The van der Waals surface area contributed by atoms with Crippen molar-refractivity contribution in [2.45, 2.75) is 12.8 Å². The highest BCUT2D eigenvalue weighted by molar-refractivity contribution is 5.92. The topological polar surface area (TPSA) is 29.0 Å². The molecule has 1 fully saturated rings. The number of nitrogens with one attached hydrogen (secondary N) is 2. The predicted molar refractivity (Wildman–Crippen MR) is 77.0 cm³/mol. The number of fused-ring (bicyclic) bond motifs is 1. The SMILES string of the molecule is CNCC1(CNc2cn(C)c3ccccc23)CC1. The van der Waals surface area contributed by atoms with E-state index in [1.54, 1.807) is 0 Å². The minimum Gasteiger partial charge on any atom is -0.383 e. The number of aromatic nitrogens is 1. The Morgan fingerprint density at radius 3 is 2.72 bits per heavy atom. The van der Waals surface area contributed by atoms with Gasteiger partial charge in [-0.2, -0.15) is 0 Å². The van der Waals surface area contributed by atoms with Gasteiger partial charge in [0.15, 0.2) is 0 Å². The summed E-state index contributed by atoms with van der Waals surface area (Å²) in [6, 6.07) is 8.56. The van der Waals surface area contributed by atoms with Crippen LogP contribution in [-0.2, 0) is 7.05 Å². The number of aryl methyl sites for hydroxylation is 1. The Balaban J connectivity index is 1.79. The lowest BCUT2D eigenvalue weighted by molar-refractivity contribution is 0.507. The second-order valence-electron chi connectivity index (χ2n) is 5.55. The molecule has 0 radical (unpaired) electrons. The third-order valence-electron chi connectivity index (χ3n) is 4.06. The molecule has 96 valence electrons. The maximum atomic E-state index is 3.64. The second kappa shape index (κ2) is 4.32. The van der Waals surface area contributed by atoms with E-state index in [1.165, 1.54) is 29.4 Å².